The molecule has 0 saturated carbocycles. The molecule has 30 heavy (non-hydrogen) atoms. The fourth-order valence-electron chi connectivity index (χ4n) is 3.52. The smallest absolute Gasteiger partial charge is 0.335 e. The molecule has 1 atom stereocenters. The van der Waals surface area contributed by atoms with Crippen LogP contribution in [0, 0.1) is 0 Å². The van der Waals surface area contributed by atoms with E-state index in [-0.39, 0.29) is 11.6 Å². The summed E-state index contributed by atoms with van der Waals surface area (Å²) in [7, 11) is -3.06. The first-order valence-electron chi connectivity index (χ1n) is 10.4. The van der Waals surface area contributed by atoms with Crippen molar-refractivity contribution in [2.24, 2.45) is 0 Å². The molecule has 0 amide bonds. The summed E-state index contributed by atoms with van der Waals surface area (Å²) in [5.74, 6) is -1.40. The standard InChI is InChI=1S/C24H32O5Si/c1-5-6-17-28-23(27)21(25)18-22(26)29-30(24(2,3)4,19-13-9-7-10-14-19)20-15-11-8-12-16-20/h7-16,21,25H,5-6,17-18H2,1-4H3. The van der Waals surface area contributed by atoms with Crippen molar-refractivity contribution in [1.29, 1.82) is 0 Å². The Hall–Kier alpha value is -2.44. The summed E-state index contributed by atoms with van der Waals surface area (Å²) in [6.07, 6.45) is -0.382. The number of hydrogen-bond donors (Lipinski definition) is 1. The molecule has 0 aliphatic heterocycles. The highest BCUT2D eigenvalue weighted by Gasteiger charge is 2.53. The van der Waals surface area contributed by atoms with E-state index in [4.69, 9.17) is 9.16 Å². The molecular weight excluding hydrogens is 396 g/mol. The second-order valence-electron chi connectivity index (χ2n) is 8.38. The van der Waals surface area contributed by atoms with Crippen LogP contribution in [0.3, 0.4) is 0 Å². The van der Waals surface area contributed by atoms with E-state index in [9.17, 15) is 14.7 Å². The molecule has 0 heterocycles. The molecule has 1 unspecified atom stereocenters. The molecule has 0 aliphatic rings. The van der Waals surface area contributed by atoms with Crippen LogP contribution in [-0.2, 0) is 18.8 Å². The lowest BCUT2D eigenvalue weighted by Crippen LogP contribution is -2.67. The van der Waals surface area contributed by atoms with Gasteiger partial charge in [-0.2, -0.15) is 0 Å². The van der Waals surface area contributed by atoms with Crippen molar-refractivity contribution in [2.75, 3.05) is 6.61 Å². The Morgan fingerprint density at radius 2 is 1.47 bits per heavy atom. The SMILES string of the molecule is CCCCOC(=O)C(O)CC(=O)O[Si](c1ccccc1)(c1ccccc1)C(C)(C)C. The summed E-state index contributed by atoms with van der Waals surface area (Å²) in [4.78, 5) is 24.9. The minimum Gasteiger partial charge on any atom is -0.509 e. The van der Waals surface area contributed by atoms with Gasteiger partial charge in [-0.1, -0.05) is 94.8 Å². The lowest BCUT2D eigenvalue weighted by Gasteiger charge is -2.42. The first-order chi connectivity index (χ1) is 14.2. The number of carbonyl (C=O) groups excluding carboxylic acids is 2. The second kappa shape index (κ2) is 10.5. The normalized spacial score (nSPS) is 12.8. The predicted octanol–water partition coefficient (Wildman–Crippen LogP) is 3.18. The van der Waals surface area contributed by atoms with Crippen molar-refractivity contribution < 1.29 is 23.9 Å². The van der Waals surface area contributed by atoms with Gasteiger partial charge in [0, 0.05) is 0 Å². The minimum absolute atomic E-state index is 0.232. The third kappa shape index (κ3) is 5.58. The maximum Gasteiger partial charge on any atom is 0.335 e. The summed E-state index contributed by atoms with van der Waals surface area (Å²) in [5.41, 5.74) is 0. The van der Waals surface area contributed by atoms with Gasteiger partial charge in [-0.3, -0.25) is 4.79 Å². The fraction of sp³-hybridized carbons (Fsp3) is 0.417. The van der Waals surface area contributed by atoms with Gasteiger partial charge in [0.25, 0.3) is 5.97 Å². The van der Waals surface area contributed by atoms with Crippen molar-refractivity contribution in [3.63, 3.8) is 0 Å². The summed E-state index contributed by atoms with van der Waals surface area (Å²) in [5, 5.41) is 11.7. The average Bonchev–Trinajstić information content (AvgIpc) is 2.72. The van der Waals surface area contributed by atoms with Crippen LogP contribution in [0.25, 0.3) is 0 Å². The maximum absolute atomic E-state index is 12.9. The van der Waals surface area contributed by atoms with Crippen molar-refractivity contribution >= 4 is 30.6 Å². The van der Waals surface area contributed by atoms with E-state index >= 15 is 0 Å². The number of hydrogen-bond acceptors (Lipinski definition) is 5. The number of rotatable bonds is 9. The first kappa shape index (κ1) is 23.8. The summed E-state index contributed by atoms with van der Waals surface area (Å²) >= 11 is 0. The van der Waals surface area contributed by atoms with Gasteiger partial charge in [-0.25, -0.2) is 4.79 Å². The summed E-state index contributed by atoms with van der Waals surface area (Å²) < 4.78 is 11.3. The monoisotopic (exact) mass is 428 g/mol. The number of benzene rings is 2. The van der Waals surface area contributed by atoms with Crippen LogP contribution in [0.15, 0.2) is 60.7 Å². The molecule has 0 aliphatic carbocycles. The highest BCUT2D eigenvalue weighted by Crippen LogP contribution is 2.37. The Balaban J connectivity index is 2.34. The van der Waals surface area contributed by atoms with Crippen LogP contribution in [-0.4, -0.2) is 38.1 Å². The van der Waals surface area contributed by atoms with Crippen LogP contribution in [0.4, 0.5) is 0 Å². The van der Waals surface area contributed by atoms with Gasteiger partial charge in [-0.05, 0) is 21.8 Å². The van der Waals surface area contributed by atoms with E-state index in [0.29, 0.717) is 6.42 Å². The fourth-order valence-corrected chi connectivity index (χ4v) is 7.87. The molecule has 5 nitrogen and oxygen atoms in total. The molecule has 0 spiro atoms. The molecule has 0 radical (unpaired) electrons. The molecule has 1 N–H and O–H groups in total. The molecule has 0 fully saturated rings. The van der Waals surface area contributed by atoms with Crippen LogP contribution < -0.4 is 10.4 Å². The van der Waals surface area contributed by atoms with Gasteiger partial charge < -0.3 is 14.3 Å². The lowest BCUT2D eigenvalue weighted by molar-refractivity contribution is -0.157. The second-order valence-corrected chi connectivity index (χ2v) is 12.6. The zero-order chi connectivity index (χ0) is 22.2. The van der Waals surface area contributed by atoms with Crippen molar-refractivity contribution in [1.82, 2.24) is 0 Å². The molecule has 0 saturated heterocycles. The van der Waals surface area contributed by atoms with Crippen LogP contribution >= 0.6 is 0 Å². The van der Waals surface area contributed by atoms with Gasteiger partial charge in [0.05, 0.1) is 13.0 Å². The van der Waals surface area contributed by atoms with E-state index < -0.39 is 32.8 Å². The third-order valence-corrected chi connectivity index (χ3v) is 10.00. The van der Waals surface area contributed by atoms with E-state index in [1.807, 2.05) is 67.6 Å². The number of esters is 1. The summed E-state index contributed by atoms with van der Waals surface area (Å²) in [6.45, 7) is 8.38. The largest absolute Gasteiger partial charge is 0.509 e. The highest BCUT2D eigenvalue weighted by atomic mass is 28.4. The van der Waals surface area contributed by atoms with E-state index in [1.165, 1.54) is 0 Å². The zero-order valence-electron chi connectivity index (χ0n) is 18.3. The molecular formula is C24H32O5Si. The summed E-state index contributed by atoms with van der Waals surface area (Å²) in [6, 6.07) is 19.5. The number of aliphatic hydroxyl groups excluding tert-OH is 1. The number of unbranched alkanes of at least 4 members (excludes halogenated alkanes) is 1. The van der Waals surface area contributed by atoms with E-state index in [2.05, 4.69) is 20.8 Å². The van der Waals surface area contributed by atoms with Gasteiger partial charge in [0.2, 0.25) is 0 Å². The topological polar surface area (TPSA) is 72.8 Å². The van der Waals surface area contributed by atoms with Crippen molar-refractivity contribution in [3.05, 3.63) is 60.7 Å². The third-order valence-electron chi connectivity index (χ3n) is 5.06. The average molecular weight is 429 g/mol. The van der Waals surface area contributed by atoms with E-state index in [0.717, 1.165) is 16.8 Å². The van der Waals surface area contributed by atoms with Crippen molar-refractivity contribution in [2.45, 2.75) is 58.1 Å². The van der Waals surface area contributed by atoms with Gasteiger partial charge >= 0.3 is 14.3 Å². The van der Waals surface area contributed by atoms with Gasteiger partial charge in [0.15, 0.2) is 6.10 Å². The molecule has 6 heteroatoms. The Bertz CT molecular complexity index is 775. The lowest BCUT2D eigenvalue weighted by atomic mass is 10.2. The Morgan fingerprint density at radius 1 is 0.967 bits per heavy atom. The van der Waals surface area contributed by atoms with E-state index in [1.54, 1.807) is 0 Å². The molecule has 2 aromatic carbocycles. The van der Waals surface area contributed by atoms with Crippen molar-refractivity contribution in [3.8, 4) is 0 Å². The van der Waals surface area contributed by atoms with Gasteiger partial charge in [0.1, 0.15) is 0 Å². The Kier molecular flexibility index (Phi) is 8.38. The molecule has 162 valence electrons. The molecule has 0 aromatic heterocycles. The number of ether oxygens (including phenoxy) is 1. The van der Waals surface area contributed by atoms with Crippen LogP contribution in [0.1, 0.15) is 47.0 Å². The number of aliphatic hydroxyl groups is 1. The maximum atomic E-state index is 12.9. The minimum atomic E-state index is -3.06. The Morgan fingerprint density at radius 3 is 1.90 bits per heavy atom. The zero-order valence-corrected chi connectivity index (χ0v) is 19.3. The first-order valence-corrected chi connectivity index (χ1v) is 12.3. The molecule has 0 bridgehead atoms. The Labute approximate surface area is 180 Å². The predicted molar refractivity (Wildman–Crippen MR) is 120 cm³/mol. The van der Waals surface area contributed by atoms with Gasteiger partial charge in [-0.15, -0.1) is 0 Å². The highest BCUT2D eigenvalue weighted by molar-refractivity contribution is 7.00. The molecule has 2 aromatic rings. The van der Waals surface area contributed by atoms with Crippen LogP contribution in [0.2, 0.25) is 5.04 Å². The molecule has 2 rings (SSSR count). The van der Waals surface area contributed by atoms with Crippen LogP contribution in [0.5, 0.6) is 0 Å². The quantitative estimate of drug-likeness (QED) is 0.377. The number of carbonyl (C=O) groups is 2.